The van der Waals surface area contributed by atoms with E-state index >= 15 is 0 Å². The van der Waals surface area contributed by atoms with Crippen LogP contribution in [0.3, 0.4) is 0 Å². The third kappa shape index (κ3) is 3.63. The van der Waals surface area contributed by atoms with Gasteiger partial charge in [-0.1, -0.05) is 23.7 Å². The highest BCUT2D eigenvalue weighted by Gasteiger charge is 2.18. The smallest absolute Gasteiger partial charge is 0.257 e. The number of carbonyl (C=O) groups is 1. The van der Waals surface area contributed by atoms with E-state index in [4.69, 9.17) is 16.3 Å². The lowest BCUT2D eigenvalue weighted by molar-refractivity contribution is 0.102. The second kappa shape index (κ2) is 6.98. The normalized spacial score (nSPS) is 14.6. The van der Waals surface area contributed by atoms with E-state index in [9.17, 15) is 9.18 Å². The van der Waals surface area contributed by atoms with Crippen molar-refractivity contribution < 1.29 is 13.9 Å². The summed E-state index contributed by atoms with van der Waals surface area (Å²) < 4.78 is 19.0. The molecule has 1 saturated heterocycles. The molecule has 2 aromatic rings. The molecule has 1 heterocycles. The Labute approximate surface area is 138 Å². The van der Waals surface area contributed by atoms with Crippen LogP contribution >= 0.6 is 11.6 Å². The molecule has 1 aliphatic rings. The SMILES string of the molecule is O=C(Nc1cc(F)ccc1N1CCOCC1)c1ccccc1Cl. The van der Waals surface area contributed by atoms with Crippen LogP contribution in [-0.2, 0) is 4.74 Å². The van der Waals surface area contributed by atoms with Gasteiger partial charge in [0, 0.05) is 13.1 Å². The van der Waals surface area contributed by atoms with E-state index in [-0.39, 0.29) is 5.91 Å². The van der Waals surface area contributed by atoms with Gasteiger partial charge in [-0.15, -0.1) is 0 Å². The Morgan fingerprint density at radius 3 is 2.65 bits per heavy atom. The minimum absolute atomic E-state index is 0.353. The standard InChI is InChI=1S/C17H16ClFN2O2/c18-14-4-2-1-3-13(14)17(22)20-15-11-12(19)5-6-16(15)21-7-9-23-10-8-21/h1-6,11H,7-10H2,(H,20,22). The van der Waals surface area contributed by atoms with Crippen LogP contribution in [0.15, 0.2) is 42.5 Å². The van der Waals surface area contributed by atoms with E-state index in [2.05, 4.69) is 10.2 Å². The summed E-state index contributed by atoms with van der Waals surface area (Å²) in [6.45, 7) is 2.60. The first-order chi connectivity index (χ1) is 11.1. The van der Waals surface area contributed by atoms with Gasteiger partial charge in [-0.05, 0) is 30.3 Å². The molecule has 0 unspecified atom stereocenters. The number of ether oxygens (including phenoxy) is 1. The van der Waals surface area contributed by atoms with Crippen LogP contribution in [0.5, 0.6) is 0 Å². The molecule has 0 atom stereocenters. The number of carbonyl (C=O) groups excluding carboxylic acids is 1. The summed E-state index contributed by atoms with van der Waals surface area (Å²) >= 11 is 6.04. The second-order valence-corrected chi connectivity index (χ2v) is 5.60. The molecular weight excluding hydrogens is 319 g/mol. The van der Waals surface area contributed by atoms with Crippen molar-refractivity contribution in [2.75, 3.05) is 36.5 Å². The van der Waals surface area contributed by atoms with Crippen LogP contribution in [0.2, 0.25) is 5.02 Å². The Kier molecular flexibility index (Phi) is 4.79. The molecule has 23 heavy (non-hydrogen) atoms. The van der Waals surface area contributed by atoms with Gasteiger partial charge in [-0.3, -0.25) is 4.79 Å². The fourth-order valence-corrected chi connectivity index (χ4v) is 2.74. The molecule has 0 aliphatic carbocycles. The summed E-state index contributed by atoms with van der Waals surface area (Å²) in [7, 11) is 0. The summed E-state index contributed by atoms with van der Waals surface area (Å²) in [5.74, 6) is -0.771. The van der Waals surface area contributed by atoms with E-state index < -0.39 is 5.82 Å². The summed E-state index contributed by atoms with van der Waals surface area (Å²) in [6.07, 6.45) is 0. The summed E-state index contributed by atoms with van der Waals surface area (Å²) in [5, 5.41) is 3.12. The number of morpholine rings is 1. The first-order valence-corrected chi connectivity index (χ1v) is 7.71. The molecule has 0 saturated carbocycles. The van der Waals surface area contributed by atoms with E-state index in [1.54, 1.807) is 30.3 Å². The molecule has 0 radical (unpaired) electrons. The van der Waals surface area contributed by atoms with Crippen LogP contribution in [0.25, 0.3) is 0 Å². The van der Waals surface area contributed by atoms with Crippen molar-refractivity contribution >= 4 is 28.9 Å². The second-order valence-electron chi connectivity index (χ2n) is 5.19. The number of nitrogens with one attached hydrogen (secondary N) is 1. The van der Waals surface area contributed by atoms with Crippen LogP contribution in [0.1, 0.15) is 10.4 Å². The minimum atomic E-state index is -0.406. The number of hydrogen-bond acceptors (Lipinski definition) is 3. The Hall–Kier alpha value is -2.11. The van der Waals surface area contributed by atoms with Crippen molar-refractivity contribution in [1.82, 2.24) is 0 Å². The van der Waals surface area contributed by atoms with Gasteiger partial charge in [0.15, 0.2) is 0 Å². The molecule has 0 aromatic heterocycles. The van der Waals surface area contributed by atoms with E-state index in [0.29, 0.717) is 42.6 Å². The van der Waals surface area contributed by atoms with E-state index in [0.717, 1.165) is 5.69 Å². The molecule has 2 aromatic carbocycles. The van der Waals surface area contributed by atoms with Gasteiger partial charge in [0.25, 0.3) is 5.91 Å². The van der Waals surface area contributed by atoms with Gasteiger partial charge in [-0.25, -0.2) is 4.39 Å². The lowest BCUT2D eigenvalue weighted by Crippen LogP contribution is -2.36. The first-order valence-electron chi connectivity index (χ1n) is 7.33. The van der Waals surface area contributed by atoms with Gasteiger partial charge in [0.1, 0.15) is 5.82 Å². The third-order valence-electron chi connectivity index (χ3n) is 3.68. The summed E-state index contributed by atoms with van der Waals surface area (Å²) in [4.78, 5) is 14.5. The van der Waals surface area contributed by atoms with Crippen molar-refractivity contribution in [2.45, 2.75) is 0 Å². The quantitative estimate of drug-likeness (QED) is 0.933. The molecule has 3 rings (SSSR count). The Balaban J connectivity index is 1.88. The molecule has 4 nitrogen and oxygen atoms in total. The maximum absolute atomic E-state index is 13.6. The molecule has 1 amide bonds. The monoisotopic (exact) mass is 334 g/mol. The van der Waals surface area contributed by atoms with Crippen LogP contribution in [0.4, 0.5) is 15.8 Å². The molecule has 6 heteroatoms. The Morgan fingerprint density at radius 1 is 1.17 bits per heavy atom. The zero-order valence-electron chi connectivity index (χ0n) is 12.4. The first kappa shape index (κ1) is 15.8. The van der Waals surface area contributed by atoms with Crippen LogP contribution in [0, 0.1) is 5.82 Å². The highest BCUT2D eigenvalue weighted by Crippen LogP contribution is 2.28. The average Bonchev–Trinajstić information content (AvgIpc) is 2.56. The molecule has 120 valence electrons. The molecule has 1 fully saturated rings. The fraction of sp³-hybridized carbons (Fsp3) is 0.235. The highest BCUT2D eigenvalue weighted by molar-refractivity contribution is 6.34. The third-order valence-corrected chi connectivity index (χ3v) is 4.01. The maximum atomic E-state index is 13.6. The number of anilines is 2. The van der Waals surface area contributed by atoms with Crippen molar-refractivity contribution in [1.29, 1.82) is 0 Å². The minimum Gasteiger partial charge on any atom is -0.378 e. The molecule has 0 bridgehead atoms. The van der Waals surface area contributed by atoms with Crippen LogP contribution < -0.4 is 10.2 Å². The molecule has 0 spiro atoms. The van der Waals surface area contributed by atoms with Crippen molar-refractivity contribution in [3.8, 4) is 0 Å². The van der Waals surface area contributed by atoms with Gasteiger partial charge >= 0.3 is 0 Å². The number of nitrogens with zero attached hydrogens (tertiary/aromatic N) is 1. The fourth-order valence-electron chi connectivity index (χ4n) is 2.52. The van der Waals surface area contributed by atoms with Gasteiger partial charge in [0.2, 0.25) is 0 Å². The van der Waals surface area contributed by atoms with Crippen molar-refractivity contribution in [3.63, 3.8) is 0 Å². The predicted molar refractivity (Wildman–Crippen MR) is 88.8 cm³/mol. The predicted octanol–water partition coefficient (Wildman–Crippen LogP) is 3.57. The van der Waals surface area contributed by atoms with Gasteiger partial charge in [-0.2, -0.15) is 0 Å². The largest absolute Gasteiger partial charge is 0.378 e. The van der Waals surface area contributed by atoms with Crippen molar-refractivity contribution in [2.24, 2.45) is 0 Å². The molecule has 1 aliphatic heterocycles. The molecule has 1 N–H and O–H groups in total. The number of hydrogen-bond donors (Lipinski definition) is 1. The van der Waals surface area contributed by atoms with Crippen LogP contribution in [-0.4, -0.2) is 32.2 Å². The summed E-state index contributed by atoms with van der Waals surface area (Å²) in [6, 6.07) is 11.1. The Morgan fingerprint density at radius 2 is 1.91 bits per heavy atom. The summed E-state index contributed by atoms with van der Waals surface area (Å²) in [5.41, 5.74) is 1.55. The van der Waals surface area contributed by atoms with E-state index in [1.807, 2.05) is 0 Å². The zero-order chi connectivity index (χ0) is 16.2. The maximum Gasteiger partial charge on any atom is 0.257 e. The lowest BCUT2D eigenvalue weighted by Gasteiger charge is -2.30. The zero-order valence-corrected chi connectivity index (χ0v) is 13.1. The number of rotatable bonds is 3. The number of amides is 1. The van der Waals surface area contributed by atoms with E-state index in [1.165, 1.54) is 12.1 Å². The van der Waals surface area contributed by atoms with Gasteiger partial charge < -0.3 is 15.0 Å². The number of halogens is 2. The van der Waals surface area contributed by atoms with Crippen molar-refractivity contribution in [3.05, 3.63) is 58.9 Å². The molecular formula is C17H16ClFN2O2. The number of benzene rings is 2. The van der Waals surface area contributed by atoms with Gasteiger partial charge in [0.05, 0.1) is 35.2 Å². The average molecular weight is 335 g/mol. The lowest BCUT2D eigenvalue weighted by atomic mass is 10.2. The topological polar surface area (TPSA) is 41.6 Å². The Bertz CT molecular complexity index is 717. The highest BCUT2D eigenvalue weighted by atomic mass is 35.5.